The Morgan fingerprint density at radius 1 is 1.29 bits per heavy atom. The highest BCUT2D eigenvalue weighted by Crippen LogP contribution is 2.16. The van der Waals surface area contributed by atoms with Crippen LogP contribution in [0.15, 0.2) is 30.5 Å². The van der Waals surface area contributed by atoms with Crippen LogP contribution in [0.4, 0.5) is 10.2 Å². The van der Waals surface area contributed by atoms with Crippen LogP contribution in [0.3, 0.4) is 0 Å². The number of carbonyl (C=O) groups is 1. The number of nitrogens with zero attached hydrogens (tertiary/aromatic N) is 1. The summed E-state index contributed by atoms with van der Waals surface area (Å²) in [6.07, 6.45) is 1.54. The maximum Gasteiger partial charge on any atom is 0.338 e. The highest BCUT2D eigenvalue weighted by atomic mass is 19.1. The van der Waals surface area contributed by atoms with Gasteiger partial charge in [-0.2, -0.15) is 0 Å². The first kappa shape index (κ1) is 15.0. The summed E-state index contributed by atoms with van der Waals surface area (Å²) in [5, 5.41) is 3.11. The van der Waals surface area contributed by atoms with Crippen molar-refractivity contribution >= 4 is 11.8 Å². The van der Waals surface area contributed by atoms with Gasteiger partial charge < -0.3 is 10.1 Å². The van der Waals surface area contributed by atoms with Crippen molar-refractivity contribution in [2.75, 3.05) is 12.4 Å². The third kappa shape index (κ3) is 3.56. The zero-order valence-corrected chi connectivity index (χ0v) is 12.2. The highest BCUT2D eigenvalue weighted by molar-refractivity contribution is 5.89. The second kappa shape index (κ2) is 6.35. The number of hydrogen-bond donors (Lipinski definition) is 1. The average Bonchev–Trinajstić information content (AvgIpc) is 2.50. The van der Waals surface area contributed by atoms with Crippen LogP contribution >= 0.6 is 0 Å². The SMILES string of the molecule is COC(=O)c1ccnc(NCc2cc(C)c(F)c(C)c2)c1. The molecule has 0 aliphatic rings. The van der Waals surface area contributed by atoms with Crippen molar-refractivity contribution in [2.45, 2.75) is 20.4 Å². The molecule has 21 heavy (non-hydrogen) atoms. The minimum Gasteiger partial charge on any atom is -0.465 e. The Labute approximate surface area is 123 Å². The number of esters is 1. The normalized spacial score (nSPS) is 10.3. The first-order chi connectivity index (χ1) is 10.0. The van der Waals surface area contributed by atoms with Gasteiger partial charge >= 0.3 is 5.97 Å². The van der Waals surface area contributed by atoms with Gasteiger partial charge in [0.05, 0.1) is 12.7 Å². The Morgan fingerprint density at radius 2 is 1.95 bits per heavy atom. The van der Waals surface area contributed by atoms with Crippen LogP contribution in [0.1, 0.15) is 27.0 Å². The van der Waals surface area contributed by atoms with Gasteiger partial charge in [0.15, 0.2) is 0 Å². The number of anilines is 1. The molecule has 4 nitrogen and oxygen atoms in total. The molecule has 0 amide bonds. The molecule has 0 fully saturated rings. The lowest BCUT2D eigenvalue weighted by Crippen LogP contribution is -2.06. The third-order valence-electron chi connectivity index (χ3n) is 3.15. The van der Waals surface area contributed by atoms with E-state index in [-0.39, 0.29) is 5.82 Å². The Bertz CT molecular complexity index is 648. The van der Waals surface area contributed by atoms with E-state index in [1.807, 2.05) is 0 Å². The Hall–Kier alpha value is -2.43. The van der Waals surface area contributed by atoms with Gasteiger partial charge in [-0.05, 0) is 42.7 Å². The highest BCUT2D eigenvalue weighted by Gasteiger charge is 2.07. The van der Waals surface area contributed by atoms with E-state index in [0.717, 1.165) is 5.56 Å². The van der Waals surface area contributed by atoms with E-state index in [1.165, 1.54) is 13.3 Å². The fourth-order valence-corrected chi connectivity index (χ4v) is 2.10. The van der Waals surface area contributed by atoms with Crippen LogP contribution in [0.25, 0.3) is 0 Å². The van der Waals surface area contributed by atoms with Crippen molar-refractivity contribution in [2.24, 2.45) is 0 Å². The van der Waals surface area contributed by atoms with E-state index in [1.54, 1.807) is 38.1 Å². The van der Waals surface area contributed by atoms with Crippen molar-refractivity contribution in [3.63, 3.8) is 0 Å². The summed E-state index contributed by atoms with van der Waals surface area (Å²) < 4.78 is 18.2. The topological polar surface area (TPSA) is 51.2 Å². The number of nitrogens with one attached hydrogen (secondary N) is 1. The molecule has 0 aliphatic carbocycles. The van der Waals surface area contributed by atoms with Gasteiger partial charge in [-0.3, -0.25) is 0 Å². The molecule has 110 valence electrons. The maximum atomic E-state index is 13.6. The second-order valence-electron chi connectivity index (χ2n) is 4.82. The molecule has 0 atom stereocenters. The van der Waals surface area contributed by atoms with E-state index in [4.69, 9.17) is 0 Å². The largest absolute Gasteiger partial charge is 0.465 e. The fraction of sp³-hybridized carbons (Fsp3) is 0.250. The number of hydrogen-bond acceptors (Lipinski definition) is 4. The molecule has 1 N–H and O–H groups in total. The van der Waals surface area contributed by atoms with Crippen molar-refractivity contribution in [1.29, 1.82) is 0 Å². The zero-order chi connectivity index (χ0) is 15.4. The Balaban J connectivity index is 2.11. The summed E-state index contributed by atoms with van der Waals surface area (Å²) >= 11 is 0. The summed E-state index contributed by atoms with van der Waals surface area (Å²) in [5.74, 6) is -0.0176. The van der Waals surface area contributed by atoms with E-state index in [0.29, 0.717) is 29.1 Å². The van der Waals surface area contributed by atoms with Crippen LogP contribution in [-0.4, -0.2) is 18.1 Å². The monoisotopic (exact) mass is 288 g/mol. The van der Waals surface area contributed by atoms with Gasteiger partial charge in [0, 0.05) is 12.7 Å². The lowest BCUT2D eigenvalue weighted by atomic mass is 10.1. The van der Waals surface area contributed by atoms with Crippen LogP contribution in [0, 0.1) is 19.7 Å². The summed E-state index contributed by atoms with van der Waals surface area (Å²) in [6.45, 7) is 3.98. The number of aromatic nitrogens is 1. The molecule has 0 aliphatic heterocycles. The number of rotatable bonds is 4. The minimum atomic E-state index is -0.408. The molecule has 0 radical (unpaired) electrons. The smallest absolute Gasteiger partial charge is 0.338 e. The molecular formula is C16H17FN2O2. The van der Waals surface area contributed by atoms with Gasteiger partial charge in [0.1, 0.15) is 11.6 Å². The van der Waals surface area contributed by atoms with Crippen molar-refractivity contribution in [1.82, 2.24) is 4.98 Å². The van der Waals surface area contributed by atoms with Crippen LogP contribution < -0.4 is 5.32 Å². The number of aryl methyl sites for hydroxylation is 2. The molecule has 2 rings (SSSR count). The molecule has 0 unspecified atom stereocenters. The summed E-state index contributed by atoms with van der Waals surface area (Å²) in [6, 6.07) is 6.79. The zero-order valence-electron chi connectivity index (χ0n) is 12.2. The first-order valence-corrected chi connectivity index (χ1v) is 6.55. The number of halogens is 1. The molecule has 5 heteroatoms. The molecule has 0 bridgehead atoms. The van der Waals surface area contributed by atoms with E-state index in [2.05, 4.69) is 15.0 Å². The molecular weight excluding hydrogens is 271 g/mol. The lowest BCUT2D eigenvalue weighted by Gasteiger charge is -2.09. The van der Waals surface area contributed by atoms with Gasteiger partial charge in [-0.25, -0.2) is 14.2 Å². The molecule has 0 spiro atoms. The predicted octanol–water partition coefficient (Wildman–Crippen LogP) is 3.24. The number of benzene rings is 1. The number of methoxy groups -OCH3 is 1. The summed E-state index contributed by atoms with van der Waals surface area (Å²) in [7, 11) is 1.33. The number of carbonyl (C=O) groups excluding carboxylic acids is 1. The minimum absolute atomic E-state index is 0.176. The van der Waals surface area contributed by atoms with Crippen LogP contribution in [0.2, 0.25) is 0 Å². The first-order valence-electron chi connectivity index (χ1n) is 6.55. The second-order valence-corrected chi connectivity index (χ2v) is 4.82. The molecule has 1 aromatic carbocycles. The number of ether oxygens (including phenoxy) is 1. The third-order valence-corrected chi connectivity index (χ3v) is 3.15. The van der Waals surface area contributed by atoms with E-state index < -0.39 is 5.97 Å². The predicted molar refractivity (Wildman–Crippen MR) is 78.8 cm³/mol. The molecule has 0 saturated carbocycles. The summed E-state index contributed by atoms with van der Waals surface area (Å²) in [5.41, 5.74) is 2.62. The lowest BCUT2D eigenvalue weighted by molar-refractivity contribution is 0.0600. The molecule has 2 aromatic rings. The van der Waals surface area contributed by atoms with Crippen molar-refractivity contribution in [3.8, 4) is 0 Å². The standard InChI is InChI=1S/C16H17FN2O2/c1-10-6-12(7-11(2)15(10)17)9-19-14-8-13(4-5-18-14)16(20)21-3/h4-8H,9H2,1-3H3,(H,18,19). The van der Waals surface area contributed by atoms with Crippen LogP contribution in [0.5, 0.6) is 0 Å². The quantitative estimate of drug-likeness (QED) is 0.878. The van der Waals surface area contributed by atoms with Crippen molar-refractivity contribution < 1.29 is 13.9 Å². The average molecular weight is 288 g/mol. The molecule has 1 aromatic heterocycles. The molecule has 0 saturated heterocycles. The van der Waals surface area contributed by atoms with Crippen LogP contribution in [-0.2, 0) is 11.3 Å². The van der Waals surface area contributed by atoms with E-state index >= 15 is 0 Å². The number of pyridine rings is 1. The maximum absolute atomic E-state index is 13.6. The van der Waals surface area contributed by atoms with Gasteiger partial charge in [0.2, 0.25) is 0 Å². The van der Waals surface area contributed by atoms with Gasteiger partial charge in [-0.15, -0.1) is 0 Å². The van der Waals surface area contributed by atoms with Gasteiger partial charge in [0.25, 0.3) is 0 Å². The molecule has 1 heterocycles. The fourth-order valence-electron chi connectivity index (χ4n) is 2.10. The van der Waals surface area contributed by atoms with Gasteiger partial charge in [-0.1, -0.05) is 12.1 Å². The Morgan fingerprint density at radius 3 is 2.57 bits per heavy atom. The van der Waals surface area contributed by atoms with E-state index in [9.17, 15) is 9.18 Å². The summed E-state index contributed by atoms with van der Waals surface area (Å²) in [4.78, 5) is 15.6. The van der Waals surface area contributed by atoms with Crippen molar-refractivity contribution in [3.05, 3.63) is 58.5 Å². The Kier molecular flexibility index (Phi) is 4.52.